The molecule has 1 aliphatic heterocycles. The molecule has 0 saturated heterocycles. The van der Waals surface area contributed by atoms with Crippen molar-refractivity contribution in [3.63, 3.8) is 0 Å². The van der Waals surface area contributed by atoms with Gasteiger partial charge in [-0.1, -0.05) is 31.5 Å². The first kappa shape index (κ1) is 16.8. The van der Waals surface area contributed by atoms with Crippen molar-refractivity contribution in [2.45, 2.75) is 46.2 Å². The first-order valence-corrected chi connectivity index (χ1v) is 8.53. The summed E-state index contributed by atoms with van der Waals surface area (Å²) in [6.07, 6.45) is 0. The van der Waals surface area contributed by atoms with Crippen molar-refractivity contribution in [1.29, 1.82) is 0 Å². The fourth-order valence-corrected chi connectivity index (χ4v) is 3.30. The number of amides is 2. The highest BCUT2D eigenvalue weighted by atomic mass is 35.5. The monoisotopic (exact) mass is 347 g/mol. The minimum Gasteiger partial charge on any atom is -0.313 e. The van der Waals surface area contributed by atoms with Gasteiger partial charge >= 0.3 is 6.03 Å². The standard InChI is InChI=1S/C17H22ClN5O/c1-10(2)15-20-21-16-12(4)22(7-8-23(15)16)17(24)19-14-6-5-11(3)9-13(14)18/h5-6,9-10,12H,7-8H2,1-4H3,(H,19,24). The smallest absolute Gasteiger partial charge is 0.313 e. The summed E-state index contributed by atoms with van der Waals surface area (Å²) >= 11 is 6.21. The Morgan fingerprint density at radius 2 is 2.08 bits per heavy atom. The number of halogens is 1. The predicted molar refractivity (Wildman–Crippen MR) is 94.4 cm³/mol. The Hall–Kier alpha value is -2.08. The lowest BCUT2D eigenvalue weighted by Crippen LogP contribution is -2.43. The number of anilines is 1. The maximum atomic E-state index is 12.7. The summed E-state index contributed by atoms with van der Waals surface area (Å²) < 4.78 is 2.12. The van der Waals surface area contributed by atoms with Crippen LogP contribution >= 0.6 is 11.6 Å². The van der Waals surface area contributed by atoms with E-state index in [0.29, 0.717) is 29.7 Å². The van der Waals surface area contributed by atoms with Gasteiger partial charge in [0.1, 0.15) is 5.82 Å². The Labute approximate surface area is 146 Å². The van der Waals surface area contributed by atoms with Gasteiger partial charge in [-0.3, -0.25) is 0 Å². The van der Waals surface area contributed by atoms with Crippen LogP contribution in [-0.4, -0.2) is 32.2 Å². The Bertz CT molecular complexity index is 770. The number of aryl methyl sites for hydroxylation is 1. The summed E-state index contributed by atoms with van der Waals surface area (Å²) in [6.45, 7) is 9.45. The molecule has 1 aliphatic rings. The summed E-state index contributed by atoms with van der Waals surface area (Å²) in [7, 11) is 0. The lowest BCUT2D eigenvalue weighted by molar-refractivity contribution is 0.172. The van der Waals surface area contributed by atoms with Crippen molar-refractivity contribution in [3.05, 3.63) is 40.4 Å². The van der Waals surface area contributed by atoms with Gasteiger partial charge in [0.2, 0.25) is 0 Å². The van der Waals surface area contributed by atoms with E-state index in [0.717, 1.165) is 17.2 Å². The highest BCUT2D eigenvalue weighted by molar-refractivity contribution is 6.33. The van der Waals surface area contributed by atoms with Gasteiger partial charge in [-0.25, -0.2) is 4.79 Å². The molecule has 0 radical (unpaired) electrons. The molecule has 2 amide bonds. The van der Waals surface area contributed by atoms with E-state index in [4.69, 9.17) is 11.6 Å². The van der Waals surface area contributed by atoms with Gasteiger partial charge in [0.15, 0.2) is 5.82 Å². The molecule has 0 spiro atoms. The predicted octanol–water partition coefficient (Wildman–Crippen LogP) is 3.97. The highest BCUT2D eigenvalue weighted by Gasteiger charge is 2.31. The Balaban J connectivity index is 1.79. The van der Waals surface area contributed by atoms with E-state index < -0.39 is 0 Å². The fraction of sp³-hybridized carbons (Fsp3) is 0.471. The number of rotatable bonds is 2. The molecule has 7 heteroatoms. The zero-order chi connectivity index (χ0) is 17.4. The highest BCUT2D eigenvalue weighted by Crippen LogP contribution is 2.28. The molecule has 0 bridgehead atoms. The van der Waals surface area contributed by atoms with Crippen LogP contribution in [0.3, 0.4) is 0 Å². The lowest BCUT2D eigenvalue weighted by Gasteiger charge is -2.34. The molecule has 1 unspecified atom stereocenters. The van der Waals surface area contributed by atoms with E-state index in [1.807, 2.05) is 32.0 Å². The minimum absolute atomic E-state index is 0.136. The van der Waals surface area contributed by atoms with Crippen LogP contribution in [-0.2, 0) is 6.54 Å². The van der Waals surface area contributed by atoms with Gasteiger partial charge in [0.25, 0.3) is 0 Å². The van der Waals surface area contributed by atoms with E-state index in [1.165, 1.54) is 0 Å². The molecule has 2 aromatic rings. The average Bonchev–Trinajstić information content (AvgIpc) is 2.95. The van der Waals surface area contributed by atoms with E-state index >= 15 is 0 Å². The number of benzene rings is 1. The molecular weight excluding hydrogens is 326 g/mol. The maximum absolute atomic E-state index is 12.7. The third kappa shape index (κ3) is 2.98. The fourth-order valence-electron chi connectivity index (χ4n) is 3.02. The molecule has 6 nitrogen and oxygen atoms in total. The summed E-state index contributed by atoms with van der Waals surface area (Å²) in [5.74, 6) is 2.11. The van der Waals surface area contributed by atoms with Crippen molar-refractivity contribution < 1.29 is 4.79 Å². The number of hydrogen-bond donors (Lipinski definition) is 1. The van der Waals surface area contributed by atoms with Gasteiger partial charge in [-0.05, 0) is 31.5 Å². The number of carbonyl (C=O) groups excluding carboxylic acids is 1. The van der Waals surface area contributed by atoms with Gasteiger partial charge in [0, 0.05) is 19.0 Å². The Kier molecular flexibility index (Phi) is 4.49. The first-order chi connectivity index (χ1) is 11.4. The number of nitrogens with zero attached hydrogens (tertiary/aromatic N) is 4. The largest absolute Gasteiger partial charge is 0.322 e. The van der Waals surface area contributed by atoms with Crippen molar-refractivity contribution in [1.82, 2.24) is 19.7 Å². The van der Waals surface area contributed by atoms with Gasteiger partial charge < -0.3 is 14.8 Å². The zero-order valence-corrected chi connectivity index (χ0v) is 15.1. The SMILES string of the molecule is Cc1ccc(NC(=O)N2CCn3c(C(C)C)nnc3C2C)c(Cl)c1. The molecule has 1 aromatic carbocycles. The molecule has 1 aromatic heterocycles. The van der Waals surface area contributed by atoms with Crippen LogP contribution in [0, 0.1) is 6.92 Å². The van der Waals surface area contributed by atoms with E-state index in [2.05, 4.69) is 33.9 Å². The summed E-state index contributed by atoms with van der Waals surface area (Å²) in [5, 5.41) is 12.0. The molecule has 3 rings (SSSR count). The topological polar surface area (TPSA) is 63.1 Å². The van der Waals surface area contributed by atoms with Crippen LogP contribution in [0.1, 0.15) is 49.9 Å². The second-order valence-electron chi connectivity index (χ2n) is 6.51. The number of aromatic nitrogens is 3. The molecule has 24 heavy (non-hydrogen) atoms. The van der Waals surface area contributed by atoms with Crippen molar-refractivity contribution in [2.75, 3.05) is 11.9 Å². The number of nitrogens with one attached hydrogen (secondary N) is 1. The second kappa shape index (κ2) is 6.43. The molecule has 0 aliphatic carbocycles. The molecule has 2 heterocycles. The summed E-state index contributed by atoms with van der Waals surface area (Å²) in [5.41, 5.74) is 1.67. The Morgan fingerprint density at radius 3 is 2.75 bits per heavy atom. The summed E-state index contributed by atoms with van der Waals surface area (Å²) in [4.78, 5) is 14.4. The van der Waals surface area contributed by atoms with Crippen LogP contribution in [0.2, 0.25) is 5.02 Å². The van der Waals surface area contributed by atoms with Crippen molar-refractivity contribution in [2.24, 2.45) is 0 Å². The number of fused-ring (bicyclic) bond motifs is 1. The Morgan fingerprint density at radius 1 is 1.33 bits per heavy atom. The quantitative estimate of drug-likeness (QED) is 0.893. The molecule has 0 saturated carbocycles. The molecule has 128 valence electrons. The van der Waals surface area contributed by atoms with Gasteiger partial charge in [-0.15, -0.1) is 10.2 Å². The van der Waals surface area contributed by atoms with Crippen LogP contribution < -0.4 is 5.32 Å². The number of carbonyl (C=O) groups is 1. The van der Waals surface area contributed by atoms with E-state index in [-0.39, 0.29) is 12.1 Å². The molecule has 0 fully saturated rings. The average molecular weight is 348 g/mol. The molecule has 1 N–H and O–H groups in total. The second-order valence-corrected chi connectivity index (χ2v) is 6.91. The molecule has 1 atom stereocenters. The molecular formula is C17H22ClN5O. The van der Waals surface area contributed by atoms with Crippen molar-refractivity contribution >= 4 is 23.3 Å². The van der Waals surface area contributed by atoms with Crippen molar-refractivity contribution in [3.8, 4) is 0 Å². The van der Waals surface area contributed by atoms with E-state index in [1.54, 1.807) is 4.90 Å². The van der Waals surface area contributed by atoms with Crippen LogP contribution in [0.4, 0.5) is 10.5 Å². The maximum Gasteiger partial charge on any atom is 0.322 e. The first-order valence-electron chi connectivity index (χ1n) is 8.15. The van der Waals surface area contributed by atoms with Gasteiger partial charge in [-0.2, -0.15) is 0 Å². The summed E-state index contributed by atoms with van der Waals surface area (Å²) in [6, 6.07) is 5.27. The third-order valence-electron chi connectivity index (χ3n) is 4.36. The number of urea groups is 1. The number of hydrogen-bond acceptors (Lipinski definition) is 3. The third-order valence-corrected chi connectivity index (χ3v) is 4.67. The van der Waals surface area contributed by atoms with Gasteiger partial charge in [0.05, 0.1) is 16.8 Å². The zero-order valence-electron chi connectivity index (χ0n) is 14.4. The normalized spacial score (nSPS) is 17.1. The van der Waals surface area contributed by atoms with Crippen LogP contribution in [0.5, 0.6) is 0 Å². The lowest BCUT2D eigenvalue weighted by atomic mass is 10.1. The minimum atomic E-state index is -0.173. The van der Waals surface area contributed by atoms with Crippen LogP contribution in [0.15, 0.2) is 18.2 Å². The van der Waals surface area contributed by atoms with E-state index in [9.17, 15) is 4.79 Å². The van der Waals surface area contributed by atoms with Crippen LogP contribution in [0.25, 0.3) is 0 Å².